The van der Waals surface area contributed by atoms with Crippen molar-refractivity contribution in [2.75, 3.05) is 40.0 Å². The highest BCUT2D eigenvalue weighted by Crippen LogP contribution is 2.24. The Hall–Kier alpha value is -2.15. The summed E-state index contributed by atoms with van der Waals surface area (Å²) in [6.07, 6.45) is 3.56. The summed E-state index contributed by atoms with van der Waals surface area (Å²) in [4.78, 5) is 19.2. The first-order valence-electron chi connectivity index (χ1n) is 8.43. The zero-order valence-corrected chi connectivity index (χ0v) is 15.6. The second-order valence-corrected chi connectivity index (χ2v) is 5.87. The zero-order valence-electron chi connectivity index (χ0n) is 14.8. The number of aromatic nitrogens is 1. The molecule has 1 unspecified atom stereocenters. The van der Waals surface area contributed by atoms with Crippen molar-refractivity contribution in [2.45, 2.75) is 6.04 Å². The average molecular weight is 378 g/mol. The number of benzene rings is 1. The molecule has 0 spiro atoms. The second kappa shape index (κ2) is 10.1. The number of nitrogens with zero attached hydrogens (tertiary/aromatic N) is 2. The number of pyridine rings is 1. The van der Waals surface area contributed by atoms with Gasteiger partial charge in [-0.15, -0.1) is 12.4 Å². The maximum absolute atomic E-state index is 13.1. The van der Waals surface area contributed by atoms with Gasteiger partial charge in [0.2, 0.25) is 0 Å². The fourth-order valence-corrected chi connectivity index (χ4v) is 2.95. The molecule has 140 valence electrons. The van der Waals surface area contributed by atoms with E-state index >= 15 is 0 Å². The van der Waals surface area contributed by atoms with E-state index in [9.17, 15) is 4.79 Å². The Bertz CT molecular complexity index is 699. The van der Waals surface area contributed by atoms with E-state index in [2.05, 4.69) is 10.3 Å². The maximum Gasteiger partial charge on any atom is 0.254 e. The van der Waals surface area contributed by atoms with Gasteiger partial charge in [-0.05, 0) is 29.8 Å². The third-order valence-electron chi connectivity index (χ3n) is 4.21. The molecule has 26 heavy (non-hydrogen) atoms. The van der Waals surface area contributed by atoms with Crippen molar-refractivity contribution in [1.29, 1.82) is 0 Å². The van der Waals surface area contributed by atoms with Crippen LogP contribution in [0.5, 0.6) is 5.75 Å². The first kappa shape index (κ1) is 20.2. The molecule has 2 aromatic rings. The summed E-state index contributed by atoms with van der Waals surface area (Å²) in [6, 6.07) is 11.2. The predicted octanol–water partition coefficient (Wildman–Crippen LogP) is 2.32. The van der Waals surface area contributed by atoms with Crippen LogP contribution >= 0.6 is 12.4 Å². The third kappa shape index (κ3) is 4.94. The normalized spacial score (nSPS) is 16.7. The van der Waals surface area contributed by atoms with E-state index < -0.39 is 0 Å². The van der Waals surface area contributed by atoms with Crippen LogP contribution in [0.25, 0.3) is 0 Å². The second-order valence-electron chi connectivity index (χ2n) is 5.87. The first-order valence-corrected chi connectivity index (χ1v) is 8.43. The van der Waals surface area contributed by atoms with Gasteiger partial charge in [-0.2, -0.15) is 0 Å². The van der Waals surface area contributed by atoms with Gasteiger partial charge < -0.3 is 19.7 Å². The lowest BCUT2D eigenvalue weighted by Gasteiger charge is -2.36. The molecule has 2 heterocycles. The smallest absolute Gasteiger partial charge is 0.254 e. The van der Waals surface area contributed by atoms with E-state index in [1.54, 1.807) is 19.4 Å². The molecule has 0 aliphatic carbocycles. The topological polar surface area (TPSA) is 63.7 Å². The number of ether oxygens (including phenoxy) is 2. The first-order chi connectivity index (χ1) is 12.3. The summed E-state index contributed by atoms with van der Waals surface area (Å²) in [5.74, 6) is 0.684. The molecule has 0 radical (unpaired) electrons. The summed E-state index contributed by atoms with van der Waals surface area (Å²) in [5, 5.41) is 3.36. The highest BCUT2D eigenvalue weighted by Gasteiger charge is 2.28. The molecule has 1 aliphatic rings. The van der Waals surface area contributed by atoms with Gasteiger partial charge in [-0.1, -0.05) is 12.1 Å². The number of halogens is 1. The SMILES string of the molecule is COCCOc1cccc(C(=O)N2CCNCC2c2cccnc2)c1.Cl. The van der Waals surface area contributed by atoms with Crippen LogP contribution in [-0.4, -0.2) is 55.7 Å². The van der Waals surface area contributed by atoms with Crippen molar-refractivity contribution in [2.24, 2.45) is 0 Å². The summed E-state index contributed by atoms with van der Waals surface area (Å²) in [6.45, 7) is 3.14. The Morgan fingerprint density at radius 3 is 2.96 bits per heavy atom. The Labute approximate surface area is 159 Å². The molecule has 1 N–H and O–H groups in total. The Morgan fingerprint density at radius 2 is 2.19 bits per heavy atom. The molecule has 1 aromatic heterocycles. The molecule has 7 heteroatoms. The molecule has 1 saturated heterocycles. The number of hydrogen-bond acceptors (Lipinski definition) is 5. The van der Waals surface area contributed by atoms with Crippen LogP contribution < -0.4 is 10.1 Å². The van der Waals surface area contributed by atoms with Gasteiger partial charge in [-0.25, -0.2) is 0 Å². The number of nitrogens with one attached hydrogen (secondary N) is 1. The fraction of sp³-hybridized carbons (Fsp3) is 0.368. The van der Waals surface area contributed by atoms with Crippen molar-refractivity contribution < 1.29 is 14.3 Å². The van der Waals surface area contributed by atoms with Gasteiger partial charge in [0.1, 0.15) is 12.4 Å². The Balaban J connectivity index is 0.00000243. The number of methoxy groups -OCH3 is 1. The number of carbonyl (C=O) groups excluding carboxylic acids is 1. The van der Waals surface area contributed by atoms with Crippen LogP contribution in [0.3, 0.4) is 0 Å². The van der Waals surface area contributed by atoms with Crippen molar-refractivity contribution in [3.05, 3.63) is 59.9 Å². The molecule has 1 aromatic carbocycles. The molecule has 6 nitrogen and oxygen atoms in total. The number of carbonyl (C=O) groups is 1. The van der Waals surface area contributed by atoms with Crippen molar-refractivity contribution >= 4 is 18.3 Å². The third-order valence-corrected chi connectivity index (χ3v) is 4.21. The largest absolute Gasteiger partial charge is 0.491 e. The number of piperazine rings is 1. The highest BCUT2D eigenvalue weighted by atomic mass is 35.5. The minimum Gasteiger partial charge on any atom is -0.491 e. The molecule has 0 bridgehead atoms. The number of hydrogen-bond donors (Lipinski definition) is 1. The van der Waals surface area contributed by atoms with Gasteiger partial charge in [0.25, 0.3) is 5.91 Å². The van der Waals surface area contributed by atoms with Gasteiger partial charge in [0, 0.05) is 44.7 Å². The van der Waals surface area contributed by atoms with Gasteiger partial charge in [-0.3, -0.25) is 9.78 Å². The fourth-order valence-electron chi connectivity index (χ4n) is 2.95. The summed E-state index contributed by atoms with van der Waals surface area (Å²) < 4.78 is 10.6. The van der Waals surface area contributed by atoms with Crippen LogP contribution in [0.15, 0.2) is 48.8 Å². The molecule has 1 amide bonds. The average Bonchev–Trinajstić information content (AvgIpc) is 2.68. The summed E-state index contributed by atoms with van der Waals surface area (Å²) >= 11 is 0. The Morgan fingerprint density at radius 1 is 1.31 bits per heavy atom. The minimum absolute atomic E-state index is 0. The molecule has 1 atom stereocenters. The van der Waals surface area contributed by atoms with Gasteiger partial charge >= 0.3 is 0 Å². The number of amides is 1. The molecule has 1 fully saturated rings. The lowest BCUT2D eigenvalue weighted by atomic mass is 10.0. The van der Waals surface area contributed by atoms with Crippen molar-refractivity contribution in [1.82, 2.24) is 15.2 Å². The monoisotopic (exact) mass is 377 g/mol. The van der Waals surface area contributed by atoms with E-state index in [1.807, 2.05) is 41.4 Å². The quantitative estimate of drug-likeness (QED) is 0.783. The molecule has 3 rings (SSSR count). The van der Waals surface area contributed by atoms with Crippen molar-refractivity contribution in [3.8, 4) is 5.75 Å². The summed E-state index contributed by atoms with van der Waals surface area (Å²) in [7, 11) is 1.63. The van der Waals surface area contributed by atoms with Crippen LogP contribution in [0.2, 0.25) is 0 Å². The molecule has 0 saturated carbocycles. The predicted molar refractivity (Wildman–Crippen MR) is 102 cm³/mol. The molecular weight excluding hydrogens is 354 g/mol. The van der Waals surface area contributed by atoms with Gasteiger partial charge in [0.05, 0.1) is 12.6 Å². The molecular formula is C19H24ClN3O3. The summed E-state index contributed by atoms with van der Waals surface area (Å²) in [5.41, 5.74) is 1.67. The highest BCUT2D eigenvalue weighted by molar-refractivity contribution is 5.95. The maximum atomic E-state index is 13.1. The van der Waals surface area contributed by atoms with Gasteiger partial charge in [0.15, 0.2) is 0 Å². The Kier molecular flexibility index (Phi) is 7.84. The van der Waals surface area contributed by atoms with E-state index in [-0.39, 0.29) is 24.4 Å². The van der Waals surface area contributed by atoms with Crippen LogP contribution in [0.1, 0.15) is 22.0 Å². The van der Waals surface area contributed by atoms with Crippen LogP contribution in [0.4, 0.5) is 0 Å². The zero-order chi connectivity index (χ0) is 17.5. The minimum atomic E-state index is -0.0204. The van der Waals surface area contributed by atoms with Crippen molar-refractivity contribution in [3.63, 3.8) is 0 Å². The van der Waals surface area contributed by atoms with E-state index in [4.69, 9.17) is 9.47 Å². The van der Waals surface area contributed by atoms with E-state index in [0.29, 0.717) is 31.1 Å². The molecule has 1 aliphatic heterocycles. The number of rotatable bonds is 6. The van der Waals surface area contributed by atoms with Crippen LogP contribution in [-0.2, 0) is 4.74 Å². The van der Waals surface area contributed by atoms with Crippen LogP contribution in [0, 0.1) is 0 Å². The standard InChI is InChI=1S/C19H23N3O3.ClH/c1-24-10-11-25-17-6-2-4-15(12-17)19(23)22-9-8-21-14-18(22)16-5-3-7-20-13-16;/h2-7,12-13,18,21H,8-11,14H2,1H3;1H. The van der Waals surface area contributed by atoms with E-state index in [1.165, 1.54) is 0 Å². The lowest BCUT2D eigenvalue weighted by Crippen LogP contribution is -2.48. The van der Waals surface area contributed by atoms with E-state index in [0.717, 1.165) is 18.7 Å². The lowest BCUT2D eigenvalue weighted by molar-refractivity contribution is 0.0633.